The lowest BCUT2D eigenvalue weighted by Gasteiger charge is -2.11. The predicted octanol–water partition coefficient (Wildman–Crippen LogP) is 3.29. The van der Waals surface area contributed by atoms with E-state index in [1.807, 2.05) is 0 Å². The van der Waals surface area contributed by atoms with E-state index >= 15 is 0 Å². The average molecular weight is 313 g/mol. The van der Waals surface area contributed by atoms with Gasteiger partial charge in [-0.2, -0.15) is 0 Å². The van der Waals surface area contributed by atoms with Gasteiger partial charge in [-0.3, -0.25) is 4.79 Å². The van der Waals surface area contributed by atoms with Gasteiger partial charge in [0.1, 0.15) is 5.88 Å². The van der Waals surface area contributed by atoms with Crippen molar-refractivity contribution in [1.29, 1.82) is 0 Å². The molecule has 0 aliphatic rings. The first-order valence-electron chi connectivity index (χ1n) is 3.97. The summed E-state index contributed by atoms with van der Waals surface area (Å²) < 4.78 is 5.78. The minimum Gasteiger partial charge on any atom is -0.493 e. The number of halogens is 3. The number of methoxy groups -OCH3 is 1. The monoisotopic (exact) mass is 311 g/mol. The van der Waals surface area contributed by atoms with Gasteiger partial charge in [-0.1, -0.05) is 11.6 Å². The molecule has 0 fully saturated rings. The number of anilines is 1. The van der Waals surface area contributed by atoms with E-state index in [1.165, 1.54) is 7.11 Å². The Morgan fingerprint density at radius 1 is 1.60 bits per heavy atom. The summed E-state index contributed by atoms with van der Waals surface area (Å²) in [5, 5.41) is 3.08. The lowest BCUT2D eigenvalue weighted by Crippen LogP contribution is -2.13. The molecule has 0 unspecified atom stereocenters. The molecule has 0 aliphatic carbocycles. The molecule has 0 heterocycles. The van der Waals surface area contributed by atoms with Crippen LogP contribution in [0.25, 0.3) is 0 Å². The highest BCUT2D eigenvalue weighted by Crippen LogP contribution is 2.36. The number of hydrogen-bond donors (Lipinski definition) is 1. The van der Waals surface area contributed by atoms with Crippen molar-refractivity contribution < 1.29 is 9.53 Å². The van der Waals surface area contributed by atoms with Crippen molar-refractivity contribution >= 4 is 50.7 Å². The second-order valence-electron chi connectivity index (χ2n) is 2.65. The standard InChI is InChI=1S/C9H8BrCl2NO2/c1-15-9-6(10)2-5(12)3-7(9)13-8(14)4-11/h2-3H,4H2,1H3,(H,13,14). The minimum absolute atomic E-state index is 0.118. The van der Waals surface area contributed by atoms with E-state index in [0.717, 1.165) is 0 Å². The van der Waals surface area contributed by atoms with E-state index in [-0.39, 0.29) is 11.8 Å². The number of amides is 1. The predicted molar refractivity (Wildman–Crippen MR) is 65.1 cm³/mol. The number of alkyl halides is 1. The highest BCUT2D eigenvalue weighted by atomic mass is 79.9. The smallest absolute Gasteiger partial charge is 0.239 e. The highest BCUT2D eigenvalue weighted by Gasteiger charge is 2.11. The summed E-state index contributed by atoms with van der Waals surface area (Å²) >= 11 is 14.5. The van der Waals surface area contributed by atoms with Gasteiger partial charge in [0.25, 0.3) is 0 Å². The van der Waals surface area contributed by atoms with E-state index in [0.29, 0.717) is 20.9 Å². The molecule has 1 aromatic carbocycles. The van der Waals surface area contributed by atoms with Crippen LogP contribution in [0.15, 0.2) is 16.6 Å². The average Bonchev–Trinajstić information content (AvgIpc) is 2.17. The molecule has 0 radical (unpaired) electrons. The Hall–Kier alpha value is -0.450. The van der Waals surface area contributed by atoms with Crippen LogP contribution in [0, 0.1) is 0 Å². The van der Waals surface area contributed by atoms with Crippen LogP contribution in [0.3, 0.4) is 0 Å². The number of rotatable bonds is 3. The molecular weight excluding hydrogens is 305 g/mol. The molecule has 0 aliphatic heterocycles. The molecule has 0 aromatic heterocycles. The van der Waals surface area contributed by atoms with E-state index in [4.69, 9.17) is 27.9 Å². The van der Waals surface area contributed by atoms with E-state index < -0.39 is 0 Å². The minimum atomic E-state index is -0.316. The maximum Gasteiger partial charge on any atom is 0.239 e. The van der Waals surface area contributed by atoms with Crippen LogP contribution in [-0.4, -0.2) is 18.9 Å². The largest absolute Gasteiger partial charge is 0.493 e. The fraction of sp³-hybridized carbons (Fsp3) is 0.222. The van der Waals surface area contributed by atoms with Crippen molar-refractivity contribution in [2.45, 2.75) is 0 Å². The van der Waals surface area contributed by atoms with Gasteiger partial charge in [0, 0.05) is 5.02 Å². The maximum atomic E-state index is 11.1. The van der Waals surface area contributed by atoms with Gasteiger partial charge >= 0.3 is 0 Å². The molecule has 82 valence electrons. The summed E-state index contributed by atoms with van der Waals surface area (Å²) in [5.74, 6) is 0.0785. The Bertz CT molecular complexity index is 385. The highest BCUT2D eigenvalue weighted by molar-refractivity contribution is 9.10. The zero-order valence-electron chi connectivity index (χ0n) is 7.81. The summed E-state index contributed by atoms with van der Waals surface area (Å²) in [6.07, 6.45) is 0. The maximum absolute atomic E-state index is 11.1. The topological polar surface area (TPSA) is 38.3 Å². The first-order chi connectivity index (χ1) is 7.08. The van der Waals surface area contributed by atoms with Crippen molar-refractivity contribution in [2.24, 2.45) is 0 Å². The fourth-order valence-electron chi connectivity index (χ4n) is 1.04. The van der Waals surface area contributed by atoms with Crippen molar-refractivity contribution in [1.82, 2.24) is 0 Å². The van der Waals surface area contributed by atoms with Gasteiger partial charge in [0.05, 0.1) is 17.3 Å². The molecule has 1 amide bonds. The Balaban J connectivity index is 3.09. The van der Waals surface area contributed by atoms with Crippen LogP contribution in [0.5, 0.6) is 5.75 Å². The summed E-state index contributed by atoms with van der Waals surface area (Å²) in [4.78, 5) is 11.1. The molecule has 6 heteroatoms. The molecule has 0 saturated carbocycles. The second kappa shape index (κ2) is 5.58. The van der Waals surface area contributed by atoms with Gasteiger partial charge in [0.2, 0.25) is 5.91 Å². The van der Waals surface area contributed by atoms with E-state index in [9.17, 15) is 4.79 Å². The van der Waals surface area contributed by atoms with Crippen LogP contribution in [0.1, 0.15) is 0 Å². The summed E-state index contributed by atoms with van der Waals surface area (Å²) in [6.45, 7) is 0. The number of hydrogen-bond acceptors (Lipinski definition) is 2. The molecular formula is C9H8BrCl2NO2. The number of carbonyl (C=O) groups excluding carboxylic acids is 1. The van der Waals surface area contributed by atoms with Crippen molar-refractivity contribution in [3.63, 3.8) is 0 Å². The quantitative estimate of drug-likeness (QED) is 0.870. The molecule has 1 aromatic rings. The van der Waals surface area contributed by atoms with Crippen LogP contribution < -0.4 is 10.1 Å². The zero-order chi connectivity index (χ0) is 11.4. The third kappa shape index (κ3) is 3.26. The first-order valence-corrected chi connectivity index (χ1v) is 5.68. The molecule has 0 bridgehead atoms. The van der Waals surface area contributed by atoms with Crippen LogP contribution in [0.4, 0.5) is 5.69 Å². The molecule has 0 spiro atoms. The molecule has 15 heavy (non-hydrogen) atoms. The normalized spacial score (nSPS) is 9.87. The molecule has 0 saturated heterocycles. The fourth-order valence-corrected chi connectivity index (χ4v) is 2.08. The van der Waals surface area contributed by atoms with E-state index in [1.54, 1.807) is 12.1 Å². The van der Waals surface area contributed by atoms with E-state index in [2.05, 4.69) is 21.2 Å². The lowest BCUT2D eigenvalue weighted by molar-refractivity contribution is -0.113. The lowest BCUT2D eigenvalue weighted by atomic mass is 10.3. The Kier molecular flexibility index (Phi) is 4.70. The first kappa shape index (κ1) is 12.6. The third-order valence-corrected chi connectivity index (χ3v) is 2.66. The molecule has 1 N–H and O–H groups in total. The Labute approximate surface area is 106 Å². The van der Waals surface area contributed by atoms with Crippen LogP contribution >= 0.6 is 39.1 Å². The van der Waals surface area contributed by atoms with Gasteiger partial charge in [-0.05, 0) is 28.1 Å². The second-order valence-corrected chi connectivity index (χ2v) is 4.21. The molecule has 0 atom stereocenters. The summed E-state index contributed by atoms with van der Waals surface area (Å²) in [7, 11) is 1.50. The summed E-state index contributed by atoms with van der Waals surface area (Å²) in [6, 6.07) is 3.27. The van der Waals surface area contributed by atoms with Gasteiger partial charge < -0.3 is 10.1 Å². The van der Waals surface area contributed by atoms with Gasteiger partial charge in [0.15, 0.2) is 5.75 Å². The van der Waals surface area contributed by atoms with Crippen LogP contribution in [0.2, 0.25) is 5.02 Å². The number of nitrogens with one attached hydrogen (secondary N) is 1. The number of carbonyl (C=O) groups is 1. The molecule has 1 rings (SSSR count). The van der Waals surface area contributed by atoms with Gasteiger partial charge in [-0.15, -0.1) is 11.6 Å². The van der Waals surface area contributed by atoms with Gasteiger partial charge in [-0.25, -0.2) is 0 Å². The Morgan fingerprint density at radius 2 is 2.27 bits per heavy atom. The van der Waals surface area contributed by atoms with Crippen molar-refractivity contribution in [3.05, 3.63) is 21.6 Å². The third-order valence-electron chi connectivity index (χ3n) is 1.61. The molecule has 3 nitrogen and oxygen atoms in total. The Morgan fingerprint density at radius 3 is 2.80 bits per heavy atom. The number of benzene rings is 1. The summed E-state index contributed by atoms with van der Waals surface area (Å²) in [5.41, 5.74) is 0.488. The zero-order valence-corrected chi connectivity index (χ0v) is 10.9. The number of ether oxygens (including phenoxy) is 1. The van der Waals surface area contributed by atoms with Crippen molar-refractivity contribution in [3.8, 4) is 5.75 Å². The van der Waals surface area contributed by atoms with Crippen LogP contribution in [-0.2, 0) is 4.79 Å². The van der Waals surface area contributed by atoms with Crippen molar-refractivity contribution in [2.75, 3.05) is 18.3 Å². The SMILES string of the molecule is COc1c(Br)cc(Cl)cc1NC(=O)CCl.